The summed E-state index contributed by atoms with van der Waals surface area (Å²) in [5, 5.41) is 2.53. The molecule has 0 radical (unpaired) electrons. The third-order valence-electron chi connectivity index (χ3n) is 3.88. The van der Waals surface area contributed by atoms with Crippen molar-refractivity contribution in [3.63, 3.8) is 0 Å². The average Bonchev–Trinajstić information content (AvgIpc) is 2.52. The number of alkyl halides is 1. The van der Waals surface area contributed by atoms with Crippen molar-refractivity contribution in [2.24, 2.45) is 0 Å². The van der Waals surface area contributed by atoms with Crippen molar-refractivity contribution in [1.82, 2.24) is 5.32 Å². The molecule has 7 heteroatoms. The van der Waals surface area contributed by atoms with Gasteiger partial charge in [-0.15, -0.1) is 0 Å². The maximum Gasteiger partial charge on any atom is 0.408 e. The van der Waals surface area contributed by atoms with Gasteiger partial charge in [-0.25, -0.2) is 14.0 Å². The lowest BCUT2D eigenvalue weighted by atomic mass is 9.93. The maximum absolute atomic E-state index is 12.8. The number of esters is 1. The molecule has 1 saturated carbocycles. The molecule has 26 heavy (non-hydrogen) atoms. The minimum absolute atomic E-state index is 0.0764. The molecule has 1 atom stereocenters. The second-order valence-corrected chi connectivity index (χ2v) is 7.38. The summed E-state index contributed by atoms with van der Waals surface area (Å²) in [5.41, 5.74) is 0.157. The molecular formula is C19H26FNO5. The molecule has 0 aliphatic heterocycles. The summed E-state index contributed by atoms with van der Waals surface area (Å²) >= 11 is 0. The van der Waals surface area contributed by atoms with Crippen LogP contribution in [0.1, 0.15) is 39.2 Å². The predicted molar refractivity (Wildman–Crippen MR) is 93.9 cm³/mol. The number of benzene rings is 1. The van der Waals surface area contributed by atoms with Gasteiger partial charge in [-0.05, 0) is 38.5 Å². The summed E-state index contributed by atoms with van der Waals surface area (Å²) in [6.45, 7) is 5.23. The fraction of sp³-hybridized carbons (Fsp3) is 0.579. The molecule has 1 aromatic carbocycles. The fourth-order valence-corrected chi connectivity index (χ4v) is 2.52. The van der Waals surface area contributed by atoms with Gasteiger partial charge in [-0.3, -0.25) is 0 Å². The van der Waals surface area contributed by atoms with E-state index in [-0.39, 0.29) is 12.5 Å². The first-order valence-electron chi connectivity index (χ1n) is 8.63. The number of rotatable bonds is 6. The number of amides is 1. The molecule has 0 aromatic heterocycles. The van der Waals surface area contributed by atoms with Gasteiger partial charge >= 0.3 is 12.1 Å². The van der Waals surface area contributed by atoms with Crippen molar-refractivity contribution < 1.29 is 28.2 Å². The van der Waals surface area contributed by atoms with Gasteiger partial charge in [0.05, 0.1) is 7.11 Å². The lowest BCUT2D eigenvalue weighted by Crippen LogP contribution is -2.45. The molecule has 1 fully saturated rings. The van der Waals surface area contributed by atoms with Crippen molar-refractivity contribution >= 4 is 12.1 Å². The third kappa shape index (κ3) is 6.20. The van der Waals surface area contributed by atoms with Gasteiger partial charge in [0.2, 0.25) is 0 Å². The van der Waals surface area contributed by atoms with E-state index in [2.05, 4.69) is 5.32 Å². The van der Waals surface area contributed by atoms with Crippen LogP contribution in [0.5, 0.6) is 5.75 Å². The molecule has 1 aliphatic rings. The van der Waals surface area contributed by atoms with Crippen LogP contribution in [0.3, 0.4) is 0 Å². The normalized spacial score (nSPS) is 20.5. The van der Waals surface area contributed by atoms with Gasteiger partial charge < -0.3 is 19.5 Å². The number of methoxy groups -OCH3 is 1. The molecule has 1 amide bonds. The van der Waals surface area contributed by atoms with Crippen molar-refractivity contribution in [1.29, 1.82) is 0 Å². The van der Waals surface area contributed by atoms with Crippen molar-refractivity contribution in [3.8, 4) is 5.75 Å². The Kier molecular flexibility index (Phi) is 6.45. The number of halogens is 1. The molecule has 1 N–H and O–H groups in total. The van der Waals surface area contributed by atoms with E-state index in [0.717, 1.165) is 5.56 Å². The van der Waals surface area contributed by atoms with Crippen molar-refractivity contribution in [3.05, 3.63) is 29.8 Å². The fourth-order valence-electron chi connectivity index (χ4n) is 2.52. The number of hydrogen-bond donors (Lipinski definition) is 1. The van der Waals surface area contributed by atoms with Crippen LogP contribution in [0.2, 0.25) is 0 Å². The smallest absolute Gasteiger partial charge is 0.408 e. The summed E-state index contributed by atoms with van der Waals surface area (Å²) < 4.78 is 28.4. The lowest BCUT2D eigenvalue weighted by molar-refractivity contribution is -0.143. The zero-order chi connectivity index (χ0) is 19.3. The molecule has 0 heterocycles. The number of hydrogen-bond acceptors (Lipinski definition) is 5. The molecule has 0 saturated heterocycles. The van der Waals surface area contributed by atoms with E-state index in [9.17, 15) is 14.0 Å². The Balaban J connectivity index is 1.94. The van der Waals surface area contributed by atoms with Gasteiger partial charge in [0.1, 0.15) is 29.7 Å². The zero-order valence-electron chi connectivity index (χ0n) is 15.6. The molecule has 0 spiro atoms. The van der Waals surface area contributed by atoms with Gasteiger partial charge in [0.15, 0.2) is 0 Å². The van der Waals surface area contributed by atoms with E-state index < -0.39 is 29.9 Å². The van der Waals surface area contributed by atoms with Crippen LogP contribution in [0.15, 0.2) is 24.3 Å². The van der Waals surface area contributed by atoms with E-state index in [4.69, 9.17) is 14.2 Å². The highest BCUT2D eigenvalue weighted by Crippen LogP contribution is 2.28. The third-order valence-corrected chi connectivity index (χ3v) is 3.88. The van der Waals surface area contributed by atoms with Crippen LogP contribution in [-0.4, -0.2) is 43.1 Å². The molecule has 144 valence electrons. The highest BCUT2D eigenvalue weighted by molar-refractivity contribution is 5.81. The highest BCUT2D eigenvalue weighted by atomic mass is 19.1. The summed E-state index contributed by atoms with van der Waals surface area (Å²) in [5.74, 6) is 0.0972. The Morgan fingerprint density at radius 2 is 1.85 bits per heavy atom. The molecule has 1 unspecified atom stereocenters. The number of ether oxygens (including phenoxy) is 3. The van der Waals surface area contributed by atoms with Crippen LogP contribution in [0.25, 0.3) is 0 Å². The molecule has 2 rings (SSSR count). The SMILES string of the molecule is COC(=O)C(Cc1ccc(OC2CC(F)C2)cc1)NC(=O)OC(C)(C)C. The van der Waals surface area contributed by atoms with Gasteiger partial charge in [-0.1, -0.05) is 12.1 Å². The summed E-state index contributed by atoms with van der Waals surface area (Å²) in [4.78, 5) is 23.9. The molecule has 6 nitrogen and oxygen atoms in total. The number of alkyl carbamates (subject to hydrolysis) is 1. The Hall–Kier alpha value is -2.31. The molecular weight excluding hydrogens is 341 g/mol. The van der Waals surface area contributed by atoms with E-state index in [0.29, 0.717) is 18.6 Å². The van der Waals surface area contributed by atoms with E-state index in [1.54, 1.807) is 45.0 Å². The monoisotopic (exact) mass is 367 g/mol. The lowest BCUT2D eigenvalue weighted by Gasteiger charge is -2.30. The largest absolute Gasteiger partial charge is 0.490 e. The number of carbonyl (C=O) groups is 2. The van der Waals surface area contributed by atoms with Gasteiger partial charge in [0, 0.05) is 19.3 Å². The van der Waals surface area contributed by atoms with Crippen LogP contribution in [0.4, 0.5) is 9.18 Å². The van der Waals surface area contributed by atoms with Crippen LogP contribution >= 0.6 is 0 Å². The van der Waals surface area contributed by atoms with E-state index in [1.807, 2.05) is 0 Å². The van der Waals surface area contributed by atoms with Crippen LogP contribution < -0.4 is 10.1 Å². The molecule has 0 bridgehead atoms. The van der Waals surface area contributed by atoms with Gasteiger partial charge in [-0.2, -0.15) is 0 Å². The molecule has 1 aromatic rings. The van der Waals surface area contributed by atoms with E-state index in [1.165, 1.54) is 7.11 Å². The first-order valence-corrected chi connectivity index (χ1v) is 8.63. The second-order valence-electron chi connectivity index (χ2n) is 7.38. The highest BCUT2D eigenvalue weighted by Gasteiger charge is 2.30. The zero-order valence-corrected chi connectivity index (χ0v) is 15.6. The average molecular weight is 367 g/mol. The predicted octanol–water partition coefficient (Wildman–Crippen LogP) is 3.17. The number of carbonyl (C=O) groups excluding carboxylic acids is 2. The Morgan fingerprint density at radius 1 is 1.23 bits per heavy atom. The summed E-state index contributed by atoms with van der Waals surface area (Å²) in [6, 6.07) is 6.27. The van der Waals surface area contributed by atoms with Crippen LogP contribution in [-0.2, 0) is 20.7 Å². The summed E-state index contributed by atoms with van der Waals surface area (Å²) in [6.07, 6.45) is -0.426. The molecule has 1 aliphatic carbocycles. The second kappa shape index (κ2) is 8.38. The standard InChI is InChI=1S/C19H26FNO5/c1-19(2,3)26-18(23)21-16(17(22)24-4)9-12-5-7-14(8-6-12)25-15-10-13(20)11-15/h5-8,13,15-16H,9-11H2,1-4H3,(H,21,23). The van der Waals surface area contributed by atoms with Crippen LogP contribution in [0, 0.1) is 0 Å². The Bertz CT molecular complexity index is 620. The summed E-state index contributed by atoms with van der Waals surface area (Å²) in [7, 11) is 1.26. The van der Waals surface area contributed by atoms with E-state index >= 15 is 0 Å². The number of nitrogens with one attached hydrogen (secondary N) is 1. The Labute approximate surface area is 153 Å². The Morgan fingerprint density at radius 3 is 2.35 bits per heavy atom. The quantitative estimate of drug-likeness (QED) is 0.782. The van der Waals surface area contributed by atoms with Crippen molar-refractivity contribution in [2.45, 2.75) is 64.0 Å². The maximum atomic E-state index is 12.8. The topological polar surface area (TPSA) is 73.9 Å². The van der Waals surface area contributed by atoms with Gasteiger partial charge in [0.25, 0.3) is 0 Å². The minimum Gasteiger partial charge on any atom is -0.490 e. The van der Waals surface area contributed by atoms with Crippen molar-refractivity contribution in [2.75, 3.05) is 7.11 Å². The first-order chi connectivity index (χ1) is 12.2. The first kappa shape index (κ1) is 20.0. The minimum atomic E-state index is -0.861.